The SMILES string of the molecule is C=CC(=O)OCCOCCOCCOCCOCCOCCOCCOCCOCCOCCOc1ccc(C(C)(C)CC(C)(C)C)cc1. The first-order valence-corrected chi connectivity index (χ1v) is 17.4. The van der Waals surface area contributed by atoms with Gasteiger partial charge in [-0.15, -0.1) is 0 Å². The highest BCUT2D eigenvalue weighted by Crippen LogP contribution is 2.36. The van der Waals surface area contributed by atoms with Gasteiger partial charge in [-0.1, -0.05) is 53.3 Å². The minimum Gasteiger partial charge on any atom is -0.491 e. The molecule has 0 aromatic heterocycles. The van der Waals surface area contributed by atoms with Gasteiger partial charge >= 0.3 is 5.97 Å². The third-order valence-corrected chi connectivity index (χ3v) is 6.72. The van der Waals surface area contributed by atoms with Gasteiger partial charge in [-0.2, -0.15) is 0 Å². The second kappa shape index (κ2) is 29.6. The van der Waals surface area contributed by atoms with Crippen LogP contribution in [-0.4, -0.2) is 138 Å². The molecule has 0 aliphatic carbocycles. The Morgan fingerprint density at radius 1 is 0.510 bits per heavy atom. The van der Waals surface area contributed by atoms with E-state index in [-0.39, 0.29) is 17.4 Å². The highest BCUT2D eigenvalue weighted by molar-refractivity contribution is 5.81. The zero-order valence-electron chi connectivity index (χ0n) is 30.8. The second-order valence-corrected chi connectivity index (χ2v) is 12.9. The van der Waals surface area contributed by atoms with Crippen LogP contribution in [0.15, 0.2) is 36.9 Å². The van der Waals surface area contributed by atoms with Gasteiger partial charge in [-0.05, 0) is 34.9 Å². The molecule has 12 heteroatoms. The molecule has 0 radical (unpaired) electrons. The van der Waals surface area contributed by atoms with E-state index in [2.05, 4.69) is 53.3 Å². The van der Waals surface area contributed by atoms with Gasteiger partial charge in [0.05, 0.1) is 119 Å². The van der Waals surface area contributed by atoms with Gasteiger partial charge in [0, 0.05) is 6.08 Å². The molecule has 0 N–H and O–H groups in total. The largest absolute Gasteiger partial charge is 0.491 e. The van der Waals surface area contributed by atoms with Crippen molar-refractivity contribution in [1.29, 1.82) is 0 Å². The van der Waals surface area contributed by atoms with Crippen molar-refractivity contribution < 1.29 is 56.9 Å². The normalized spacial score (nSPS) is 11.9. The zero-order valence-corrected chi connectivity index (χ0v) is 30.8. The van der Waals surface area contributed by atoms with E-state index < -0.39 is 5.97 Å². The van der Waals surface area contributed by atoms with Gasteiger partial charge in [-0.3, -0.25) is 0 Å². The molecule has 0 aliphatic rings. The Hall–Kier alpha value is -2.13. The van der Waals surface area contributed by atoms with Gasteiger partial charge in [0.1, 0.15) is 19.0 Å². The third kappa shape index (κ3) is 28.3. The summed E-state index contributed by atoms with van der Waals surface area (Å²) in [6.45, 7) is 24.1. The summed E-state index contributed by atoms with van der Waals surface area (Å²) in [5.74, 6) is 0.399. The number of carbonyl (C=O) groups is 1. The predicted molar refractivity (Wildman–Crippen MR) is 188 cm³/mol. The fourth-order valence-electron chi connectivity index (χ4n) is 4.77. The van der Waals surface area contributed by atoms with Crippen molar-refractivity contribution >= 4 is 5.97 Å². The minimum atomic E-state index is -0.458. The highest BCUT2D eigenvalue weighted by Gasteiger charge is 2.27. The van der Waals surface area contributed by atoms with Crippen LogP contribution in [0.4, 0.5) is 0 Å². The highest BCUT2D eigenvalue weighted by atomic mass is 16.6. The molecule has 284 valence electrons. The summed E-state index contributed by atoms with van der Waals surface area (Å²) in [5, 5.41) is 0. The Morgan fingerprint density at radius 2 is 0.816 bits per heavy atom. The van der Waals surface area contributed by atoms with E-state index in [0.717, 1.165) is 18.2 Å². The molecule has 0 fully saturated rings. The number of esters is 1. The van der Waals surface area contributed by atoms with Crippen LogP contribution in [-0.2, 0) is 57.6 Å². The molecule has 0 saturated carbocycles. The van der Waals surface area contributed by atoms with E-state index >= 15 is 0 Å². The molecule has 1 aromatic carbocycles. The van der Waals surface area contributed by atoms with Crippen LogP contribution in [0.3, 0.4) is 0 Å². The molecule has 49 heavy (non-hydrogen) atoms. The molecular formula is C37H64O12. The Morgan fingerprint density at radius 3 is 1.12 bits per heavy atom. The van der Waals surface area contributed by atoms with E-state index in [0.29, 0.717) is 126 Å². The fraction of sp³-hybridized carbons (Fsp3) is 0.757. The van der Waals surface area contributed by atoms with E-state index in [9.17, 15) is 4.79 Å². The molecule has 12 nitrogen and oxygen atoms in total. The predicted octanol–water partition coefficient (Wildman–Crippen LogP) is 4.66. The lowest BCUT2D eigenvalue weighted by atomic mass is 9.72. The molecule has 1 rings (SSSR count). The van der Waals surface area contributed by atoms with Crippen molar-refractivity contribution in [2.75, 3.05) is 132 Å². The summed E-state index contributed by atoms with van der Waals surface area (Å²) in [6, 6.07) is 8.41. The Balaban J connectivity index is 1.75. The Labute approximate surface area is 294 Å². The molecular weight excluding hydrogens is 636 g/mol. The van der Waals surface area contributed by atoms with Crippen LogP contribution in [0.25, 0.3) is 0 Å². The summed E-state index contributed by atoms with van der Waals surface area (Å²) in [6.07, 6.45) is 2.23. The molecule has 0 spiro atoms. The van der Waals surface area contributed by atoms with Gasteiger partial charge in [0.15, 0.2) is 0 Å². The van der Waals surface area contributed by atoms with Crippen molar-refractivity contribution in [3.8, 4) is 5.75 Å². The lowest BCUT2D eigenvalue weighted by molar-refractivity contribution is -0.139. The van der Waals surface area contributed by atoms with E-state index in [1.807, 2.05) is 12.1 Å². The molecule has 1 aromatic rings. The van der Waals surface area contributed by atoms with Crippen molar-refractivity contribution in [3.63, 3.8) is 0 Å². The molecule has 0 heterocycles. The summed E-state index contributed by atoms with van der Waals surface area (Å²) in [5.41, 5.74) is 1.72. The molecule has 0 saturated heterocycles. The average Bonchev–Trinajstić information content (AvgIpc) is 3.06. The fourth-order valence-corrected chi connectivity index (χ4v) is 4.77. The second-order valence-electron chi connectivity index (χ2n) is 12.9. The summed E-state index contributed by atoms with van der Waals surface area (Å²) < 4.78 is 59.8. The average molecular weight is 701 g/mol. The summed E-state index contributed by atoms with van der Waals surface area (Å²) >= 11 is 0. The lowest BCUT2D eigenvalue weighted by Crippen LogP contribution is -2.24. The first-order chi connectivity index (χ1) is 23.6. The molecule has 0 amide bonds. The number of hydrogen-bond acceptors (Lipinski definition) is 12. The number of hydrogen-bond donors (Lipinski definition) is 0. The minimum absolute atomic E-state index is 0.121. The topological polar surface area (TPSA) is 119 Å². The first-order valence-electron chi connectivity index (χ1n) is 17.4. The van der Waals surface area contributed by atoms with Crippen LogP contribution in [0.1, 0.15) is 46.6 Å². The zero-order chi connectivity index (χ0) is 35.9. The van der Waals surface area contributed by atoms with Crippen LogP contribution in [0, 0.1) is 5.41 Å². The number of benzene rings is 1. The Kier molecular flexibility index (Phi) is 27.1. The van der Waals surface area contributed by atoms with Gasteiger partial charge in [-0.25, -0.2) is 4.79 Å². The summed E-state index contributed by atoms with van der Waals surface area (Å²) in [4.78, 5) is 10.9. The standard InChI is InChI=1S/C37H64O12/c1-7-35(38)49-31-29-47-27-25-45-23-21-43-19-17-41-15-13-39-12-14-40-16-18-42-20-22-44-24-26-46-28-30-48-34-10-8-33(9-11-34)37(5,6)32-36(2,3)4/h7-11H,1,12-32H2,2-6H3. The molecule has 0 aliphatic heterocycles. The number of rotatable bonds is 34. The van der Waals surface area contributed by atoms with Gasteiger partial charge in [0.2, 0.25) is 0 Å². The van der Waals surface area contributed by atoms with E-state index in [1.54, 1.807) is 0 Å². The smallest absolute Gasteiger partial charge is 0.330 e. The maximum absolute atomic E-state index is 10.9. The third-order valence-electron chi connectivity index (χ3n) is 6.72. The van der Waals surface area contributed by atoms with Gasteiger partial charge in [0.25, 0.3) is 0 Å². The number of carbonyl (C=O) groups excluding carboxylic acids is 1. The van der Waals surface area contributed by atoms with E-state index in [4.69, 9.17) is 52.1 Å². The Bertz CT molecular complexity index is 917. The molecule has 0 unspecified atom stereocenters. The molecule has 0 bridgehead atoms. The van der Waals surface area contributed by atoms with Crippen molar-refractivity contribution in [1.82, 2.24) is 0 Å². The van der Waals surface area contributed by atoms with Crippen molar-refractivity contribution in [2.24, 2.45) is 5.41 Å². The maximum Gasteiger partial charge on any atom is 0.330 e. The van der Waals surface area contributed by atoms with Crippen LogP contribution in [0.2, 0.25) is 0 Å². The van der Waals surface area contributed by atoms with Crippen molar-refractivity contribution in [2.45, 2.75) is 46.5 Å². The van der Waals surface area contributed by atoms with Crippen LogP contribution in [0.5, 0.6) is 5.75 Å². The lowest BCUT2D eigenvalue weighted by Gasteiger charge is -2.33. The quantitative estimate of drug-likeness (QED) is 0.0566. The van der Waals surface area contributed by atoms with Crippen molar-refractivity contribution in [3.05, 3.63) is 42.5 Å². The van der Waals surface area contributed by atoms with E-state index in [1.165, 1.54) is 5.56 Å². The van der Waals surface area contributed by atoms with Gasteiger partial charge < -0.3 is 52.1 Å². The molecule has 0 atom stereocenters. The first kappa shape index (κ1) is 44.9. The van der Waals surface area contributed by atoms with Crippen LogP contribution >= 0.6 is 0 Å². The van der Waals surface area contributed by atoms with Crippen LogP contribution < -0.4 is 4.74 Å². The summed E-state index contributed by atoms with van der Waals surface area (Å²) in [7, 11) is 0. The monoisotopic (exact) mass is 700 g/mol. The number of ether oxygens (including phenoxy) is 11. The maximum atomic E-state index is 10.9.